The summed E-state index contributed by atoms with van der Waals surface area (Å²) < 4.78 is 0. The van der Waals surface area contributed by atoms with Crippen LogP contribution in [0.15, 0.2) is 10.9 Å². The van der Waals surface area contributed by atoms with Crippen LogP contribution in [0, 0.1) is 5.92 Å². The summed E-state index contributed by atoms with van der Waals surface area (Å²) in [7, 11) is 0. The molecule has 1 fully saturated rings. The first kappa shape index (κ1) is 10.1. The van der Waals surface area contributed by atoms with Crippen molar-refractivity contribution in [2.24, 2.45) is 11.7 Å². The smallest absolute Gasteiger partial charge is 0.0795 e. The van der Waals surface area contributed by atoms with Gasteiger partial charge in [-0.15, -0.1) is 11.3 Å². The second-order valence-electron chi connectivity index (χ2n) is 4.40. The quantitative estimate of drug-likeness (QED) is 0.815. The van der Waals surface area contributed by atoms with E-state index in [1.54, 1.807) is 11.3 Å². The summed E-state index contributed by atoms with van der Waals surface area (Å²) in [4.78, 5) is 4.37. The SMILES string of the molecule is CCC1CCCC(N)(c2cscn2)C1. The van der Waals surface area contributed by atoms with Gasteiger partial charge in [-0.25, -0.2) is 4.98 Å². The van der Waals surface area contributed by atoms with Gasteiger partial charge in [0.2, 0.25) is 0 Å². The number of hydrogen-bond donors (Lipinski definition) is 1. The molecular formula is C11H18N2S. The Balaban J connectivity index is 2.15. The summed E-state index contributed by atoms with van der Waals surface area (Å²) in [5.74, 6) is 0.801. The van der Waals surface area contributed by atoms with E-state index in [9.17, 15) is 0 Å². The number of hydrogen-bond acceptors (Lipinski definition) is 3. The molecule has 0 spiro atoms. The van der Waals surface area contributed by atoms with Crippen molar-refractivity contribution in [3.63, 3.8) is 0 Å². The second-order valence-corrected chi connectivity index (χ2v) is 5.12. The lowest BCUT2D eigenvalue weighted by molar-refractivity contribution is 0.217. The Morgan fingerprint density at radius 3 is 3.21 bits per heavy atom. The zero-order valence-electron chi connectivity index (χ0n) is 8.70. The van der Waals surface area contributed by atoms with Gasteiger partial charge in [-0.2, -0.15) is 0 Å². The van der Waals surface area contributed by atoms with E-state index in [4.69, 9.17) is 5.73 Å². The molecule has 0 saturated heterocycles. The maximum absolute atomic E-state index is 6.43. The average Bonchev–Trinajstić information content (AvgIpc) is 2.71. The first-order valence-corrected chi connectivity index (χ1v) is 6.36. The van der Waals surface area contributed by atoms with Gasteiger partial charge in [-0.1, -0.05) is 26.2 Å². The highest BCUT2D eigenvalue weighted by Gasteiger charge is 2.34. The summed E-state index contributed by atoms with van der Waals surface area (Å²) in [6.45, 7) is 2.26. The van der Waals surface area contributed by atoms with E-state index in [0.717, 1.165) is 24.5 Å². The number of aromatic nitrogens is 1. The van der Waals surface area contributed by atoms with Crippen molar-refractivity contribution in [2.45, 2.75) is 44.6 Å². The first-order valence-electron chi connectivity index (χ1n) is 5.42. The molecule has 1 aliphatic rings. The van der Waals surface area contributed by atoms with Crippen LogP contribution in [0.1, 0.15) is 44.7 Å². The maximum atomic E-state index is 6.43. The predicted octanol–water partition coefficient (Wildman–Crippen LogP) is 2.90. The predicted molar refractivity (Wildman–Crippen MR) is 60.2 cm³/mol. The standard InChI is InChI=1S/C11H18N2S/c1-2-9-4-3-5-11(12,6-9)10-7-14-8-13-10/h7-9H,2-6,12H2,1H3. The van der Waals surface area contributed by atoms with Crippen LogP contribution in [0.3, 0.4) is 0 Å². The van der Waals surface area contributed by atoms with Gasteiger partial charge in [0.05, 0.1) is 16.7 Å². The monoisotopic (exact) mass is 210 g/mol. The molecule has 0 radical (unpaired) electrons. The third-order valence-electron chi connectivity index (χ3n) is 3.41. The lowest BCUT2D eigenvalue weighted by Gasteiger charge is -2.36. The first-order chi connectivity index (χ1) is 6.74. The van der Waals surface area contributed by atoms with Crippen molar-refractivity contribution in [3.8, 4) is 0 Å². The Hall–Kier alpha value is -0.410. The summed E-state index contributed by atoms with van der Waals surface area (Å²) in [5, 5.41) is 2.11. The molecule has 0 aliphatic heterocycles. The highest BCUT2D eigenvalue weighted by Crippen LogP contribution is 2.38. The largest absolute Gasteiger partial charge is 0.320 e. The van der Waals surface area contributed by atoms with E-state index in [2.05, 4.69) is 17.3 Å². The summed E-state index contributed by atoms with van der Waals surface area (Å²) in [5.41, 5.74) is 9.31. The molecule has 1 aliphatic carbocycles. The Bertz CT molecular complexity index is 283. The van der Waals surface area contributed by atoms with E-state index in [-0.39, 0.29) is 5.54 Å². The fraction of sp³-hybridized carbons (Fsp3) is 0.727. The van der Waals surface area contributed by atoms with Crippen LogP contribution >= 0.6 is 11.3 Å². The van der Waals surface area contributed by atoms with E-state index in [1.807, 2.05) is 5.51 Å². The molecule has 2 rings (SSSR count). The summed E-state index contributed by atoms with van der Waals surface area (Å²) >= 11 is 1.65. The minimum absolute atomic E-state index is 0.126. The zero-order valence-corrected chi connectivity index (χ0v) is 9.52. The van der Waals surface area contributed by atoms with Gasteiger partial charge in [-0.05, 0) is 18.8 Å². The fourth-order valence-corrected chi connectivity index (χ4v) is 3.12. The van der Waals surface area contributed by atoms with E-state index in [1.165, 1.54) is 19.3 Å². The molecule has 0 bridgehead atoms. The van der Waals surface area contributed by atoms with E-state index in [0.29, 0.717) is 0 Å². The minimum Gasteiger partial charge on any atom is -0.320 e. The van der Waals surface area contributed by atoms with Crippen molar-refractivity contribution in [3.05, 3.63) is 16.6 Å². The zero-order chi connectivity index (χ0) is 10.0. The van der Waals surface area contributed by atoms with Gasteiger partial charge in [0.25, 0.3) is 0 Å². The van der Waals surface area contributed by atoms with Crippen molar-refractivity contribution in [2.75, 3.05) is 0 Å². The molecule has 0 amide bonds. The van der Waals surface area contributed by atoms with Crippen LogP contribution in [0.5, 0.6) is 0 Å². The number of nitrogens with zero attached hydrogens (tertiary/aromatic N) is 1. The van der Waals surface area contributed by atoms with Gasteiger partial charge in [0, 0.05) is 5.38 Å². The highest BCUT2D eigenvalue weighted by atomic mass is 32.1. The molecule has 14 heavy (non-hydrogen) atoms. The second kappa shape index (κ2) is 3.99. The molecule has 2 unspecified atom stereocenters. The molecule has 2 nitrogen and oxygen atoms in total. The normalized spacial score (nSPS) is 33.1. The van der Waals surface area contributed by atoms with Crippen molar-refractivity contribution in [1.29, 1.82) is 0 Å². The van der Waals surface area contributed by atoms with Crippen LogP contribution in [-0.2, 0) is 5.54 Å². The molecule has 2 atom stereocenters. The van der Waals surface area contributed by atoms with Crippen LogP contribution in [-0.4, -0.2) is 4.98 Å². The third kappa shape index (κ3) is 1.84. The molecule has 78 valence electrons. The van der Waals surface area contributed by atoms with Gasteiger partial charge in [-0.3, -0.25) is 0 Å². The molecule has 2 N–H and O–H groups in total. The van der Waals surface area contributed by atoms with Gasteiger partial charge >= 0.3 is 0 Å². The molecule has 1 heterocycles. The minimum atomic E-state index is -0.126. The fourth-order valence-electron chi connectivity index (χ4n) is 2.46. The van der Waals surface area contributed by atoms with Crippen LogP contribution in [0.2, 0.25) is 0 Å². The van der Waals surface area contributed by atoms with Gasteiger partial charge in [0.1, 0.15) is 0 Å². The molecule has 0 aromatic carbocycles. The topological polar surface area (TPSA) is 38.9 Å². The number of nitrogens with two attached hydrogens (primary N) is 1. The van der Waals surface area contributed by atoms with Crippen molar-refractivity contribution in [1.82, 2.24) is 4.98 Å². The number of rotatable bonds is 2. The lowest BCUT2D eigenvalue weighted by atomic mass is 9.74. The Labute approximate surface area is 89.5 Å². The molecular weight excluding hydrogens is 192 g/mol. The van der Waals surface area contributed by atoms with Crippen molar-refractivity contribution < 1.29 is 0 Å². The lowest BCUT2D eigenvalue weighted by Crippen LogP contribution is -2.41. The Kier molecular flexibility index (Phi) is 2.88. The number of thiazole rings is 1. The Morgan fingerprint density at radius 1 is 1.71 bits per heavy atom. The summed E-state index contributed by atoms with van der Waals surface area (Å²) in [6.07, 6.45) is 6.08. The van der Waals surface area contributed by atoms with E-state index < -0.39 is 0 Å². The molecule has 3 heteroatoms. The third-order valence-corrected chi connectivity index (χ3v) is 3.99. The average molecular weight is 210 g/mol. The van der Waals surface area contributed by atoms with Crippen LogP contribution in [0.4, 0.5) is 0 Å². The summed E-state index contributed by atoms with van der Waals surface area (Å²) in [6, 6.07) is 0. The van der Waals surface area contributed by atoms with Gasteiger partial charge in [0.15, 0.2) is 0 Å². The molecule has 1 aromatic rings. The van der Waals surface area contributed by atoms with Crippen molar-refractivity contribution >= 4 is 11.3 Å². The van der Waals surface area contributed by atoms with Crippen LogP contribution in [0.25, 0.3) is 0 Å². The maximum Gasteiger partial charge on any atom is 0.0795 e. The Morgan fingerprint density at radius 2 is 2.57 bits per heavy atom. The molecule has 1 saturated carbocycles. The molecule has 1 aromatic heterocycles. The highest BCUT2D eigenvalue weighted by molar-refractivity contribution is 7.07. The van der Waals surface area contributed by atoms with Gasteiger partial charge < -0.3 is 5.73 Å². The van der Waals surface area contributed by atoms with E-state index >= 15 is 0 Å². The van der Waals surface area contributed by atoms with Crippen LogP contribution < -0.4 is 5.73 Å².